The average molecular weight is 344 g/mol. The van der Waals surface area contributed by atoms with Gasteiger partial charge in [0.05, 0.1) is 36.7 Å². The molecule has 0 fully saturated rings. The second-order valence-electron chi connectivity index (χ2n) is 5.94. The number of hydrogen-bond acceptors (Lipinski definition) is 5. The number of amides is 1. The maximum Gasteiger partial charge on any atom is 0.238 e. The first-order valence-electron chi connectivity index (χ1n) is 7.22. The minimum atomic E-state index is -3.73. The van der Waals surface area contributed by atoms with Crippen molar-refractivity contribution in [2.75, 3.05) is 25.1 Å². The molecule has 0 spiro atoms. The first-order chi connectivity index (χ1) is 10.6. The fourth-order valence-electron chi connectivity index (χ4n) is 1.63. The number of sulfonamides is 1. The van der Waals surface area contributed by atoms with Crippen molar-refractivity contribution >= 4 is 21.6 Å². The molecular weight excluding hydrogens is 320 g/mol. The Bertz CT molecular complexity index is 606. The van der Waals surface area contributed by atoms with Gasteiger partial charge in [-0.3, -0.25) is 4.79 Å². The van der Waals surface area contributed by atoms with Crippen LogP contribution < -0.4 is 10.5 Å². The summed E-state index contributed by atoms with van der Waals surface area (Å²) < 4.78 is 33.0. The molecule has 0 aliphatic rings. The predicted octanol–water partition coefficient (Wildman–Crippen LogP) is 1.49. The lowest BCUT2D eigenvalue weighted by Crippen LogP contribution is -2.22. The highest BCUT2D eigenvalue weighted by Gasteiger charge is 2.10. The Kier molecular flexibility index (Phi) is 7.14. The monoisotopic (exact) mass is 344 g/mol. The van der Waals surface area contributed by atoms with Gasteiger partial charge in [0.2, 0.25) is 15.9 Å². The van der Waals surface area contributed by atoms with Crippen LogP contribution in [0.1, 0.15) is 27.2 Å². The molecule has 3 N–H and O–H groups in total. The lowest BCUT2D eigenvalue weighted by atomic mass is 10.2. The van der Waals surface area contributed by atoms with E-state index in [1.165, 1.54) is 24.3 Å². The summed E-state index contributed by atoms with van der Waals surface area (Å²) >= 11 is 0. The zero-order valence-electron chi connectivity index (χ0n) is 13.7. The van der Waals surface area contributed by atoms with Gasteiger partial charge >= 0.3 is 0 Å². The Morgan fingerprint density at radius 3 is 2.26 bits per heavy atom. The van der Waals surface area contributed by atoms with Crippen molar-refractivity contribution < 1.29 is 22.7 Å². The normalized spacial score (nSPS) is 12.2. The molecule has 1 amide bonds. The van der Waals surface area contributed by atoms with Gasteiger partial charge in [0.25, 0.3) is 0 Å². The van der Waals surface area contributed by atoms with Gasteiger partial charge in [0.1, 0.15) is 0 Å². The van der Waals surface area contributed by atoms with E-state index in [-0.39, 0.29) is 29.4 Å². The smallest absolute Gasteiger partial charge is 0.238 e. The molecule has 1 rings (SSSR count). The Labute approximate surface area is 137 Å². The summed E-state index contributed by atoms with van der Waals surface area (Å²) in [7, 11) is -3.73. The number of anilines is 1. The van der Waals surface area contributed by atoms with Crippen LogP contribution in [0.4, 0.5) is 5.69 Å². The summed E-state index contributed by atoms with van der Waals surface area (Å²) in [5, 5.41) is 7.65. The zero-order valence-corrected chi connectivity index (χ0v) is 14.5. The Balaban J connectivity index is 2.27. The van der Waals surface area contributed by atoms with Crippen LogP contribution in [0.5, 0.6) is 0 Å². The molecule has 0 saturated carbocycles. The minimum absolute atomic E-state index is 0.00215. The van der Waals surface area contributed by atoms with Crippen molar-refractivity contribution in [2.45, 2.75) is 37.7 Å². The van der Waals surface area contributed by atoms with Crippen molar-refractivity contribution in [1.82, 2.24) is 0 Å². The molecule has 0 bridgehead atoms. The maximum absolute atomic E-state index is 11.7. The molecule has 0 aliphatic heterocycles. The van der Waals surface area contributed by atoms with Gasteiger partial charge in [0.15, 0.2) is 0 Å². The van der Waals surface area contributed by atoms with Crippen LogP contribution in [0.3, 0.4) is 0 Å². The number of primary sulfonamides is 1. The van der Waals surface area contributed by atoms with Crippen LogP contribution >= 0.6 is 0 Å². The third kappa shape index (κ3) is 8.65. The van der Waals surface area contributed by atoms with Crippen LogP contribution in [0.15, 0.2) is 29.2 Å². The van der Waals surface area contributed by atoms with Crippen molar-refractivity contribution in [1.29, 1.82) is 0 Å². The van der Waals surface area contributed by atoms with E-state index in [1.807, 2.05) is 20.8 Å². The van der Waals surface area contributed by atoms with Crippen LogP contribution in [0.2, 0.25) is 0 Å². The quantitative estimate of drug-likeness (QED) is 0.695. The fourth-order valence-corrected chi connectivity index (χ4v) is 2.14. The van der Waals surface area contributed by atoms with Crippen molar-refractivity contribution in [2.24, 2.45) is 5.14 Å². The summed E-state index contributed by atoms with van der Waals surface area (Å²) in [6.45, 7) is 7.06. The highest BCUT2D eigenvalue weighted by Crippen LogP contribution is 2.12. The zero-order chi connectivity index (χ0) is 17.5. The van der Waals surface area contributed by atoms with Gasteiger partial charge in [0, 0.05) is 5.69 Å². The molecule has 0 heterocycles. The molecule has 0 radical (unpaired) electrons. The van der Waals surface area contributed by atoms with Gasteiger partial charge < -0.3 is 14.8 Å². The number of benzene rings is 1. The topological polar surface area (TPSA) is 108 Å². The third-order valence-corrected chi connectivity index (χ3v) is 3.63. The molecule has 1 aromatic rings. The highest BCUT2D eigenvalue weighted by atomic mass is 32.2. The van der Waals surface area contributed by atoms with E-state index < -0.39 is 10.0 Å². The number of ether oxygens (including phenoxy) is 2. The number of carbonyl (C=O) groups is 1. The largest absolute Gasteiger partial charge is 0.379 e. The fraction of sp³-hybridized carbons (Fsp3) is 0.533. The van der Waals surface area contributed by atoms with Crippen molar-refractivity contribution in [3.05, 3.63) is 24.3 Å². The van der Waals surface area contributed by atoms with Crippen LogP contribution in [-0.2, 0) is 24.3 Å². The van der Waals surface area contributed by atoms with Gasteiger partial charge in [-0.2, -0.15) is 0 Å². The summed E-state index contributed by atoms with van der Waals surface area (Å²) in [5.74, 6) is -0.218. The van der Waals surface area contributed by atoms with E-state index in [0.717, 1.165) is 0 Å². The molecule has 0 unspecified atom stereocenters. The summed E-state index contributed by atoms with van der Waals surface area (Å²) in [6, 6.07) is 5.64. The summed E-state index contributed by atoms with van der Waals surface area (Å²) in [4.78, 5) is 11.7. The second kappa shape index (κ2) is 8.39. The second-order valence-corrected chi connectivity index (χ2v) is 7.50. The highest BCUT2D eigenvalue weighted by molar-refractivity contribution is 7.89. The van der Waals surface area contributed by atoms with Gasteiger partial charge in [-0.05, 0) is 45.0 Å². The van der Waals surface area contributed by atoms with E-state index >= 15 is 0 Å². The number of nitrogens with two attached hydrogens (primary N) is 1. The van der Waals surface area contributed by atoms with Gasteiger partial charge in [-0.15, -0.1) is 0 Å². The molecule has 1 aromatic carbocycles. The molecule has 0 atom stereocenters. The van der Waals surface area contributed by atoms with Crippen molar-refractivity contribution in [3.8, 4) is 0 Å². The number of nitrogens with one attached hydrogen (secondary N) is 1. The van der Waals surface area contributed by atoms with Crippen LogP contribution in [0, 0.1) is 0 Å². The molecule has 0 aromatic heterocycles. The number of rotatable bonds is 8. The molecule has 23 heavy (non-hydrogen) atoms. The van der Waals surface area contributed by atoms with E-state index in [2.05, 4.69) is 5.32 Å². The molecule has 7 nitrogen and oxygen atoms in total. The van der Waals surface area contributed by atoms with Crippen LogP contribution in [0.25, 0.3) is 0 Å². The molecule has 0 saturated heterocycles. The van der Waals surface area contributed by atoms with Crippen molar-refractivity contribution in [3.63, 3.8) is 0 Å². The maximum atomic E-state index is 11.7. The Morgan fingerprint density at radius 1 is 1.13 bits per heavy atom. The third-order valence-electron chi connectivity index (χ3n) is 2.70. The van der Waals surface area contributed by atoms with Gasteiger partial charge in [-0.1, -0.05) is 0 Å². The Hall–Kier alpha value is -1.48. The molecular formula is C15H24N2O5S. The first-order valence-corrected chi connectivity index (χ1v) is 8.77. The van der Waals surface area contributed by atoms with E-state index in [1.54, 1.807) is 0 Å². The van der Waals surface area contributed by atoms with E-state index in [0.29, 0.717) is 18.9 Å². The van der Waals surface area contributed by atoms with E-state index in [9.17, 15) is 13.2 Å². The summed E-state index contributed by atoms with van der Waals surface area (Å²) in [6.07, 6.45) is 0.201. The number of hydrogen-bond donors (Lipinski definition) is 2. The summed E-state index contributed by atoms with van der Waals surface area (Å²) in [5.41, 5.74) is 0.294. The SMILES string of the molecule is CC(C)(C)OCCOCCC(=O)Nc1ccc(S(N)(=O)=O)cc1. The predicted molar refractivity (Wildman–Crippen MR) is 87.6 cm³/mol. The lowest BCUT2D eigenvalue weighted by molar-refractivity contribution is -0.117. The van der Waals surface area contributed by atoms with E-state index in [4.69, 9.17) is 14.6 Å². The molecule has 0 aliphatic carbocycles. The number of carbonyl (C=O) groups excluding carboxylic acids is 1. The molecule has 130 valence electrons. The lowest BCUT2D eigenvalue weighted by Gasteiger charge is -2.19. The standard InChI is InChI=1S/C15H24N2O5S/c1-15(2,3)22-11-10-21-9-8-14(18)17-12-4-6-13(7-5-12)23(16,19)20/h4-7H,8-11H2,1-3H3,(H,17,18)(H2,16,19,20). The Morgan fingerprint density at radius 2 is 1.74 bits per heavy atom. The van der Waals surface area contributed by atoms with Crippen LogP contribution in [-0.4, -0.2) is 39.7 Å². The van der Waals surface area contributed by atoms with Gasteiger partial charge in [-0.25, -0.2) is 13.6 Å². The average Bonchev–Trinajstić information content (AvgIpc) is 2.41. The minimum Gasteiger partial charge on any atom is -0.379 e. The molecule has 8 heteroatoms. The first kappa shape index (κ1) is 19.6.